The summed E-state index contributed by atoms with van der Waals surface area (Å²) < 4.78 is 5.64. The number of rotatable bonds is 9. The van der Waals surface area contributed by atoms with Gasteiger partial charge in [-0.05, 0) is 54.4 Å². The predicted molar refractivity (Wildman–Crippen MR) is 119 cm³/mol. The highest BCUT2D eigenvalue weighted by molar-refractivity contribution is 7.80. The lowest BCUT2D eigenvalue weighted by Gasteiger charge is -2.24. The van der Waals surface area contributed by atoms with Crippen molar-refractivity contribution >= 4 is 23.2 Å². The van der Waals surface area contributed by atoms with Crippen LogP contribution in [0.3, 0.4) is 0 Å². The zero-order chi connectivity index (χ0) is 21.1. The highest BCUT2D eigenvalue weighted by Gasteiger charge is 2.14. The lowest BCUT2D eigenvalue weighted by molar-refractivity contribution is 0.0973. The second-order valence-electron chi connectivity index (χ2n) is 7.12. The van der Waals surface area contributed by atoms with Crippen molar-refractivity contribution < 1.29 is 9.53 Å². The van der Waals surface area contributed by atoms with Gasteiger partial charge >= 0.3 is 0 Å². The van der Waals surface area contributed by atoms with Gasteiger partial charge in [0, 0.05) is 18.7 Å². The Kier molecular flexibility index (Phi) is 9.13. The van der Waals surface area contributed by atoms with E-state index in [1.807, 2.05) is 35.2 Å². The highest BCUT2D eigenvalue weighted by Crippen LogP contribution is 2.13. The van der Waals surface area contributed by atoms with Gasteiger partial charge in [0.1, 0.15) is 5.75 Å². The number of nitriles is 1. The fraction of sp³-hybridized carbons (Fsp3) is 0.348. The van der Waals surface area contributed by atoms with E-state index in [9.17, 15) is 4.79 Å². The van der Waals surface area contributed by atoms with Crippen molar-refractivity contribution in [1.29, 1.82) is 5.26 Å². The average molecular weight is 410 g/mol. The smallest absolute Gasteiger partial charge is 0.257 e. The van der Waals surface area contributed by atoms with Crippen molar-refractivity contribution in [1.82, 2.24) is 10.2 Å². The Labute approximate surface area is 178 Å². The minimum absolute atomic E-state index is 0.271. The summed E-state index contributed by atoms with van der Waals surface area (Å²) in [6, 6.07) is 19.2. The predicted octanol–water partition coefficient (Wildman–Crippen LogP) is 4.19. The van der Waals surface area contributed by atoms with E-state index in [1.54, 1.807) is 24.3 Å². The summed E-state index contributed by atoms with van der Waals surface area (Å²) in [7, 11) is 0. The molecule has 0 spiro atoms. The van der Waals surface area contributed by atoms with Crippen molar-refractivity contribution in [2.45, 2.75) is 26.7 Å². The van der Waals surface area contributed by atoms with Crippen LogP contribution in [0.5, 0.6) is 5.75 Å². The van der Waals surface area contributed by atoms with Crippen LogP contribution in [0.25, 0.3) is 0 Å². The first-order valence-electron chi connectivity index (χ1n) is 9.73. The SMILES string of the molecule is CC(C)COc1ccc(C(=O)NC(=S)N(CCC#N)CCc2ccccc2)cc1. The molecule has 0 aliphatic rings. The molecule has 2 aromatic rings. The molecule has 1 N–H and O–H groups in total. The van der Waals surface area contributed by atoms with Crippen LogP contribution in [0, 0.1) is 17.2 Å². The van der Waals surface area contributed by atoms with Gasteiger partial charge in [-0.1, -0.05) is 44.2 Å². The molecule has 0 heterocycles. The molecule has 0 aliphatic heterocycles. The highest BCUT2D eigenvalue weighted by atomic mass is 32.1. The van der Waals surface area contributed by atoms with Gasteiger partial charge in [-0.15, -0.1) is 0 Å². The molecular formula is C23H27N3O2S. The number of hydrogen-bond donors (Lipinski definition) is 1. The Balaban J connectivity index is 1.94. The molecule has 0 aliphatic carbocycles. The van der Waals surface area contributed by atoms with E-state index in [0.29, 0.717) is 42.7 Å². The molecule has 2 aromatic carbocycles. The third kappa shape index (κ3) is 7.92. The first-order chi connectivity index (χ1) is 14.0. The molecule has 2 rings (SSSR count). The van der Waals surface area contributed by atoms with Gasteiger partial charge in [0.05, 0.1) is 19.1 Å². The van der Waals surface area contributed by atoms with E-state index < -0.39 is 0 Å². The number of benzene rings is 2. The molecule has 5 nitrogen and oxygen atoms in total. The van der Waals surface area contributed by atoms with E-state index in [1.165, 1.54) is 5.56 Å². The number of nitrogens with one attached hydrogen (secondary N) is 1. The largest absolute Gasteiger partial charge is 0.493 e. The Bertz CT molecular complexity index is 829. The number of carbonyl (C=O) groups is 1. The molecule has 152 valence electrons. The summed E-state index contributed by atoms with van der Waals surface area (Å²) in [6.07, 6.45) is 1.12. The lowest BCUT2D eigenvalue weighted by Crippen LogP contribution is -2.44. The molecule has 1 amide bonds. The average Bonchev–Trinajstić information content (AvgIpc) is 2.73. The molecule has 0 atom stereocenters. The molecule has 6 heteroatoms. The van der Waals surface area contributed by atoms with Crippen molar-refractivity contribution in [3.05, 3.63) is 65.7 Å². The molecule has 0 saturated carbocycles. The van der Waals surface area contributed by atoms with Crippen molar-refractivity contribution in [3.63, 3.8) is 0 Å². The van der Waals surface area contributed by atoms with Crippen LogP contribution in [-0.4, -0.2) is 35.6 Å². The number of carbonyl (C=O) groups excluding carboxylic acids is 1. The number of thiocarbonyl (C=S) groups is 1. The first kappa shape index (κ1) is 22.4. The molecule has 0 saturated heterocycles. The fourth-order valence-electron chi connectivity index (χ4n) is 2.62. The van der Waals surface area contributed by atoms with Gasteiger partial charge in [0.25, 0.3) is 5.91 Å². The van der Waals surface area contributed by atoms with Crippen LogP contribution in [0.1, 0.15) is 36.2 Å². The van der Waals surface area contributed by atoms with Crippen molar-refractivity contribution in [2.75, 3.05) is 19.7 Å². The Hall–Kier alpha value is -2.91. The van der Waals surface area contributed by atoms with Crippen molar-refractivity contribution in [2.24, 2.45) is 5.92 Å². The number of ether oxygens (including phenoxy) is 1. The standard InChI is InChI=1S/C23H27N3O2S/c1-18(2)17-28-21-11-9-20(10-12-21)22(27)25-23(29)26(15-6-14-24)16-13-19-7-4-3-5-8-19/h3-5,7-12,18H,6,13,15-17H2,1-2H3,(H,25,27,29). The van der Waals surface area contributed by atoms with Crippen LogP contribution >= 0.6 is 12.2 Å². The van der Waals surface area contributed by atoms with Gasteiger partial charge in [-0.3, -0.25) is 10.1 Å². The minimum Gasteiger partial charge on any atom is -0.493 e. The summed E-state index contributed by atoms with van der Waals surface area (Å²) >= 11 is 5.44. The summed E-state index contributed by atoms with van der Waals surface area (Å²) in [6.45, 7) is 5.90. The number of hydrogen-bond acceptors (Lipinski definition) is 4. The van der Waals surface area contributed by atoms with Crippen LogP contribution < -0.4 is 10.1 Å². The van der Waals surface area contributed by atoms with Gasteiger partial charge in [-0.25, -0.2) is 0 Å². The number of nitrogens with zero attached hydrogens (tertiary/aromatic N) is 2. The summed E-state index contributed by atoms with van der Waals surface area (Å²) in [5.41, 5.74) is 1.69. The zero-order valence-electron chi connectivity index (χ0n) is 16.9. The second kappa shape index (κ2) is 11.8. The second-order valence-corrected chi connectivity index (χ2v) is 7.51. The van der Waals surface area contributed by atoms with E-state index in [0.717, 1.165) is 12.2 Å². The van der Waals surface area contributed by atoms with Crippen LogP contribution in [0.15, 0.2) is 54.6 Å². The van der Waals surface area contributed by atoms with E-state index in [-0.39, 0.29) is 5.91 Å². The topological polar surface area (TPSA) is 65.4 Å². The van der Waals surface area contributed by atoms with E-state index in [4.69, 9.17) is 22.2 Å². The summed E-state index contributed by atoms with van der Waals surface area (Å²) in [4.78, 5) is 14.4. The number of amides is 1. The molecule has 0 aromatic heterocycles. The first-order valence-corrected chi connectivity index (χ1v) is 10.1. The van der Waals surface area contributed by atoms with Gasteiger partial charge in [-0.2, -0.15) is 5.26 Å². The maximum Gasteiger partial charge on any atom is 0.257 e. The van der Waals surface area contributed by atoms with Gasteiger partial charge in [0.2, 0.25) is 0 Å². The lowest BCUT2D eigenvalue weighted by atomic mass is 10.1. The van der Waals surface area contributed by atoms with E-state index in [2.05, 4.69) is 25.2 Å². The Morgan fingerprint density at radius 2 is 1.83 bits per heavy atom. The van der Waals surface area contributed by atoms with Crippen LogP contribution in [0.4, 0.5) is 0 Å². The maximum absolute atomic E-state index is 12.6. The molecule has 0 bridgehead atoms. The minimum atomic E-state index is -0.271. The summed E-state index contributed by atoms with van der Waals surface area (Å²) in [5.74, 6) is 0.897. The monoisotopic (exact) mass is 409 g/mol. The normalized spacial score (nSPS) is 10.3. The quantitative estimate of drug-likeness (QED) is 0.629. The van der Waals surface area contributed by atoms with Gasteiger partial charge < -0.3 is 9.64 Å². The Morgan fingerprint density at radius 1 is 1.14 bits per heavy atom. The van der Waals surface area contributed by atoms with Gasteiger partial charge in [0.15, 0.2) is 5.11 Å². The van der Waals surface area contributed by atoms with Crippen molar-refractivity contribution in [3.8, 4) is 11.8 Å². The van der Waals surface area contributed by atoms with Crippen LogP contribution in [-0.2, 0) is 6.42 Å². The molecule has 0 unspecified atom stereocenters. The molecular weight excluding hydrogens is 382 g/mol. The fourth-order valence-corrected chi connectivity index (χ4v) is 2.90. The Morgan fingerprint density at radius 3 is 2.45 bits per heavy atom. The maximum atomic E-state index is 12.6. The molecule has 0 fully saturated rings. The molecule has 29 heavy (non-hydrogen) atoms. The molecule has 0 radical (unpaired) electrons. The van der Waals surface area contributed by atoms with E-state index >= 15 is 0 Å². The third-order valence-electron chi connectivity index (χ3n) is 4.21. The zero-order valence-corrected chi connectivity index (χ0v) is 17.7. The summed E-state index contributed by atoms with van der Waals surface area (Å²) in [5, 5.41) is 12.0. The van der Waals surface area contributed by atoms with Crippen LogP contribution in [0.2, 0.25) is 0 Å². The third-order valence-corrected chi connectivity index (χ3v) is 4.57.